The van der Waals surface area contributed by atoms with Gasteiger partial charge in [-0.15, -0.1) is 0 Å². The molecular formula is C25H27FN4O5. The van der Waals surface area contributed by atoms with Crippen molar-refractivity contribution in [2.75, 3.05) is 14.2 Å². The lowest BCUT2D eigenvalue weighted by Gasteiger charge is -2.25. The molecule has 2 N–H and O–H groups in total. The Morgan fingerprint density at radius 1 is 0.943 bits per heavy atom. The summed E-state index contributed by atoms with van der Waals surface area (Å²) in [6, 6.07) is 15.0. The quantitative estimate of drug-likeness (QED) is 0.478. The third-order valence-corrected chi connectivity index (χ3v) is 5.00. The predicted octanol–water partition coefficient (Wildman–Crippen LogP) is 3.72. The van der Waals surface area contributed by atoms with Gasteiger partial charge in [0.2, 0.25) is 5.75 Å². The van der Waals surface area contributed by atoms with Crippen molar-refractivity contribution >= 4 is 12.0 Å². The third-order valence-electron chi connectivity index (χ3n) is 5.00. The van der Waals surface area contributed by atoms with Crippen LogP contribution in [0.3, 0.4) is 0 Å². The molecule has 2 aromatic carbocycles. The van der Waals surface area contributed by atoms with E-state index in [4.69, 9.17) is 14.2 Å². The molecule has 0 fully saturated rings. The number of hydrogen-bond donors (Lipinski definition) is 2. The number of rotatable bonds is 9. The Bertz CT molecular complexity index is 1170. The minimum absolute atomic E-state index is 0.0250. The second-order valence-corrected chi connectivity index (χ2v) is 8.06. The third kappa shape index (κ3) is 6.66. The molecule has 0 saturated carbocycles. The van der Waals surface area contributed by atoms with Crippen molar-refractivity contribution in [1.29, 1.82) is 0 Å². The average Bonchev–Trinajstić information content (AvgIpc) is 2.86. The van der Waals surface area contributed by atoms with Gasteiger partial charge in [-0.1, -0.05) is 42.5 Å². The number of aromatic nitrogens is 2. The number of alkyl carbamates (subject to hydrolysis) is 1. The molecule has 0 aliphatic carbocycles. The summed E-state index contributed by atoms with van der Waals surface area (Å²) in [5, 5.41) is 5.43. The number of halogens is 1. The van der Waals surface area contributed by atoms with Crippen molar-refractivity contribution in [3.63, 3.8) is 0 Å². The highest BCUT2D eigenvalue weighted by Crippen LogP contribution is 2.31. The van der Waals surface area contributed by atoms with Gasteiger partial charge in [0.05, 0.1) is 19.8 Å². The number of ether oxygens (including phenoxy) is 3. The molecule has 0 saturated heterocycles. The van der Waals surface area contributed by atoms with E-state index in [1.165, 1.54) is 26.4 Å². The Hall–Kier alpha value is -4.21. The van der Waals surface area contributed by atoms with Gasteiger partial charge in [-0.25, -0.2) is 14.2 Å². The molecule has 1 aromatic heterocycles. The predicted molar refractivity (Wildman–Crippen MR) is 125 cm³/mol. The SMILES string of the molecule is COc1nc(C(C)(C)NC(=O)OCc2ccccc2)nc(C(=O)NCc2ccc(F)cc2)c1OC. The molecule has 0 spiro atoms. The summed E-state index contributed by atoms with van der Waals surface area (Å²) in [5.41, 5.74) is 0.328. The summed E-state index contributed by atoms with van der Waals surface area (Å²) in [4.78, 5) is 34.1. The topological polar surface area (TPSA) is 112 Å². The van der Waals surface area contributed by atoms with Crippen molar-refractivity contribution in [3.8, 4) is 11.6 Å². The van der Waals surface area contributed by atoms with Crippen LogP contribution in [-0.4, -0.2) is 36.2 Å². The minimum atomic E-state index is -1.13. The first-order chi connectivity index (χ1) is 16.7. The molecule has 0 bridgehead atoms. The van der Waals surface area contributed by atoms with Gasteiger partial charge in [0.1, 0.15) is 12.4 Å². The maximum atomic E-state index is 13.1. The van der Waals surface area contributed by atoms with Crippen LogP contribution in [0, 0.1) is 5.82 Å². The van der Waals surface area contributed by atoms with Crippen LogP contribution in [0.4, 0.5) is 9.18 Å². The lowest BCUT2D eigenvalue weighted by Crippen LogP contribution is -2.43. The van der Waals surface area contributed by atoms with E-state index >= 15 is 0 Å². The second kappa shape index (κ2) is 11.3. The Kier molecular flexibility index (Phi) is 8.19. The van der Waals surface area contributed by atoms with E-state index < -0.39 is 17.5 Å². The Morgan fingerprint density at radius 2 is 1.63 bits per heavy atom. The van der Waals surface area contributed by atoms with E-state index in [9.17, 15) is 14.0 Å². The van der Waals surface area contributed by atoms with E-state index in [-0.39, 0.29) is 42.1 Å². The average molecular weight is 483 g/mol. The molecule has 2 amide bonds. The standard InChI is InChI=1S/C25H27FN4O5/c1-25(2,30-24(32)35-15-17-8-6-5-7-9-17)23-28-19(20(33-3)22(29-23)34-4)21(31)27-14-16-10-12-18(26)13-11-16/h5-13H,14-15H2,1-4H3,(H,27,31)(H,30,32). The van der Waals surface area contributed by atoms with E-state index in [0.717, 1.165) is 5.56 Å². The molecule has 0 aliphatic rings. The summed E-state index contributed by atoms with van der Waals surface area (Å²) in [7, 11) is 2.74. The lowest BCUT2D eigenvalue weighted by molar-refractivity contribution is 0.0940. The summed E-state index contributed by atoms with van der Waals surface area (Å²) >= 11 is 0. The van der Waals surface area contributed by atoms with Crippen LogP contribution in [0.25, 0.3) is 0 Å². The molecule has 1 heterocycles. The zero-order valence-electron chi connectivity index (χ0n) is 19.9. The fourth-order valence-corrected chi connectivity index (χ4v) is 3.12. The molecular weight excluding hydrogens is 455 g/mol. The number of hydrogen-bond acceptors (Lipinski definition) is 7. The largest absolute Gasteiger partial charge is 0.490 e. The molecule has 0 radical (unpaired) electrons. The Labute approximate surface area is 202 Å². The van der Waals surface area contributed by atoms with Crippen LogP contribution in [0.15, 0.2) is 54.6 Å². The monoisotopic (exact) mass is 482 g/mol. The summed E-state index contributed by atoms with van der Waals surface area (Å²) in [6.45, 7) is 3.56. The van der Waals surface area contributed by atoms with Crippen molar-refractivity contribution in [2.24, 2.45) is 0 Å². The molecule has 0 unspecified atom stereocenters. The van der Waals surface area contributed by atoms with Crippen molar-refractivity contribution in [1.82, 2.24) is 20.6 Å². The maximum absolute atomic E-state index is 13.1. The molecule has 9 nitrogen and oxygen atoms in total. The van der Waals surface area contributed by atoms with E-state index in [0.29, 0.717) is 5.56 Å². The number of nitrogens with zero attached hydrogens (tertiary/aromatic N) is 2. The van der Waals surface area contributed by atoms with Crippen LogP contribution in [0.2, 0.25) is 0 Å². The van der Waals surface area contributed by atoms with Crippen LogP contribution in [0.1, 0.15) is 41.3 Å². The Morgan fingerprint density at radius 3 is 2.26 bits per heavy atom. The molecule has 35 heavy (non-hydrogen) atoms. The molecule has 3 rings (SSSR count). The first-order valence-corrected chi connectivity index (χ1v) is 10.8. The molecule has 0 aliphatic heterocycles. The van der Waals surface area contributed by atoms with Gasteiger partial charge in [0.25, 0.3) is 11.8 Å². The van der Waals surface area contributed by atoms with Gasteiger partial charge < -0.3 is 24.8 Å². The van der Waals surface area contributed by atoms with Gasteiger partial charge >= 0.3 is 6.09 Å². The van der Waals surface area contributed by atoms with Gasteiger partial charge in [0, 0.05) is 6.54 Å². The van der Waals surface area contributed by atoms with Crippen molar-refractivity contribution < 1.29 is 28.2 Å². The van der Waals surface area contributed by atoms with Gasteiger partial charge in [-0.3, -0.25) is 4.79 Å². The zero-order valence-corrected chi connectivity index (χ0v) is 19.9. The van der Waals surface area contributed by atoms with Gasteiger partial charge in [0.15, 0.2) is 11.5 Å². The molecule has 10 heteroatoms. The van der Waals surface area contributed by atoms with E-state index in [1.54, 1.807) is 26.0 Å². The molecule has 184 valence electrons. The van der Waals surface area contributed by atoms with Gasteiger partial charge in [-0.2, -0.15) is 4.98 Å². The maximum Gasteiger partial charge on any atom is 0.408 e. The number of carbonyl (C=O) groups excluding carboxylic acids is 2. The first-order valence-electron chi connectivity index (χ1n) is 10.8. The van der Waals surface area contributed by atoms with Crippen molar-refractivity contribution in [2.45, 2.75) is 32.5 Å². The summed E-state index contributed by atoms with van der Waals surface area (Å²) in [5.74, 6) is -0.759. The smallest absolute Gasteiger partial charge is 0.408 e. The normalized spacial score (nSPS) is 10.9. The number of carbonyl (C=O) groups is 2. The van der Waals surface area contributed by atoms with Crippen LogP contribution >= 0.6 is 0 Å². The number of amides is 2. The fraction of sp³-hybridized carbons (Fsp3) is 0.280. The van der Waals surface area contributed by atoms with Crippen molar-refractivity contribution in [3.05, 3.63) is 83.1 Å². The van der Waals surface area contributed by atoms with Gasteiger partial charge in [-0.05, 0) is 37.1 Å². The number of methoxy groups -OCH3 is 2. The number of nitrogens with one attached hydrogen (secondary N) is 2. The summed E-state index contributed by atoms with van der Waals surface area (Å²) < 4.78 is 29.1. The highest BCUT2D eigenvalue weighted by Gasteiger charge is 2.31. The highest BCUT2D eigenvalue weighted by atomic mass is 19.1. The van der Waals surface area contributed by atoms with E-state index in [2.05, 4.69) is 20.6 Å². The molecule has 0 atom stereocenters. The zero-order chi connectivity index (χ0) is 25.4. The fourth-order valence-electron chi connectivity index (χ4n) is 3.12. The van der Waals surface area contributed by atoms with Crippen LogP contribution in [0.5, 0.6) is 11.6 Å². The lowest BCUT2D eigenvalue weighted by atomic mass is 10.0. The molecule has 3 aromatic rings. The second-order valence-electron chi connectivity index (χ2n) is 8.06. The Balaban J connectivity index is 1.78. The first kappa shape index (κ1) is 25.4. The van der Waals surface area contributed by atoms with E-state index in [1.807, 2.05) is 30.3 Å². The van der Waals surface area contributed by atoms with Crippen LogP contribution < -0.4 is 20.1 Å². The minimum Gasteiger partial charge on any atom is -0.490 e. The van der Waals surface area contributed by atoms with Crippen LogP contribution in [-0.2, 0) is 23.4 Å². The number of benzene rings is 2. The summed E-state index contributed by atoms with van der Waals surface area (Å²) in [6.07, 6.45) is -0.681. The highest BCUT2D eigenvalue weighted by molar-refractivity contribution is 5.95.